The minimum absolute atomic E-state index is 0.809. The number of ether oxygens (including phenoxy) is 2. The van der Waals surface area contributed by atoms with Crippen LogP contribution in [-0.2, 0) is 0 Å². The molecular formula is C25H22O3. The van der Waals surface area contributed by atoms with Crippen LogP contribution < -0.4 is 9.47 Å². The minimum Gasteiger partial charge on any atom is -0.497 e. The van der Waals surface area contributed by atoms with Crippen LogP contribution in [0.2, 0.25) is 0 Å². The van der Waals surface area contributed by atoms with Crippen molar-refractivity contribution in [2.24, 2.45) is 0 Å². The van der Waals surface area contributed by atoms with Crippen molar-refractivity contribution in [2.75, 3.05) is 14.2 Å². The molecule has 3 heteroatoms. The SMILES string of the molecule is C=C(c1ccc(OC)cc1)c1c(-c2ccc(OC)cc2)oc2ccc(C)cc12. The van der Waals surface area contributed by atoms with Crippen molar-refractivity contribution in [3.8, 4) is 22.8 Å². The number of furan rings is 1. The normalized spacial score (nSPS) is 10.8. The van der Waals surface area contributed by atoms with Crippen molar-refractivity contribution in [3.63, 3.8) is 0 Å². The average molecular weight is 370 g/mol. The van der Waals surface area contributed by atoms with Gasteiger partial charge in [0.1, 0.15) is 22.8 Å². The van der Waals surface area contributed by atoms with Crippen molar-refractivity contribution in [2.45, 2.75) is 6.92 Å². The first kappa shape index (κ1) is 17.9. The smallest absolute Gasteiger partial charge is 0.143 e. The van der Waals surface area contributed by atoms with E-state index in [0.29, 0.717) is 0 Å². The van der Waals surface area contributed by atoms with Gasteiger partial charge < -0.3 is 13.9 Å². The monoisotopic (exact) mass is 370 g/mol. The van der Waals surface area contributed by atoms with E-state index in [1.54, 1.807) is 14.2 Å². The van der Waals surface area contributed by atoms with Crippen molar-refractivity contribution in [3.05, 3.63) is 90.0 Å². The van der Waals surface area contributed by atoms with Gasteiger partial charge in [0.25, 0.3) is 0 Å². The molecule has 0 aliphatic carbocycles. The van der Waals surface area contributed by atoms with Crippen LogP contribution in [0.5, 0.6) is 11.5 Å². The zero-order valence-corrected chi connectivity index (χ0v) is 16.3. The van der Waals surface area contributed by atoms with Gasteiger partial charge >= 0.3 is 0 Å². The summed E-state index contributed by atoms with van der Waals surface area (Å²) < 4.78 is 16.8. The van der Waals surface area contributed by atoms with Gasteiger partial charge in [0, 0.05) is 16.5 Å². The highest BCUT2D eigenvalue weighted by molar-refractivity contribution is 6.01. The summed E-state index contributed by atoms with van der Waals surface area (Å²) in [6.45, 7) is 6.48. The molecule has 4 rings (SSSR count). The molecule has 140 valence electrons. The van der Waals surface area contributed by atoms with Gasteiger partial charge in [-0.05, 0) is 66.6 Å². The maximum absolute atomic E-state index is 6.27. The molecule has 0 spiro atoms. The molecule has 0 N–H and O–H groups in total. The fraction of sp³-hybridized carbons (Fsp3) is 0.120. The Hall–Kier alpha value is -3.46. The summed E-state index contributed by atoms with van der Waals surface area (Å²) in [7, 11) is 3.33. The Morgan fingerprint density at radius 2 is 1.43 bits per heavy atom. The number of fused-ring (bicyclic) bond motifs is 1. The largest absolute Gasteiger partial charge is 0.497 e. The van der Waals surface area contributed by atoms with Gasteiger partial charge in [-0.2, -0.15) is 0 Å². The third kappa shape index (κ3) is 3.16. The summed E-state index contributed by atoms with van der Waals surface area (Å²) in [5, 5.41) is 1.06. The Morgan fingerprint density at radius 1 is 0.821 bits per heavy atom. The molecule has 0 saturated carbocycles. The maximum atomic E-state index is 6.27. The second-order valence-corrected chi connectivity index (χ2v) is 6.74. The van der Waals surface area contributed by atoms with E-state index in [2.05, 4.69) is 25.6 Å². The van der Waals surface area contributed by atoms with Crippen molar-refractivity contribution in [1.29, 1.82) is 0 Å². The van der Waals surface area contributed by atoms with Gasteiger partial charge in [0.2, 0.25) is 0 Å². The number of benzene rings is 3. The average Bonchev–Trinajstić information content (AvgIpc) is 3.12. The fourth-order valence-corrected chi connectivity index (χ4v) is 3.39. The van der Waals surface area contributed by atoms with Crippen LogP contribution in [0.15, 0.2) is 77.7 Å². The van der Waals surface area contributed by atoms with Gasteiger partial charge in [-0.3, -0.25) is 0 Å². The third-order valence-corrected chi connectivity index (χ3v) is 4.94. The molecule has 0 radical (unpaired) electrons. The zero-order valence-electron chi connectivity index (χ0n) is 16.3. The molecular weight excluding hydrogens is 348 g/mol. The van der Waals surface area contributed by atoms with Crippen LogP contribution in [0, 0.1) is 6.92 Å². The molecule has 3 nitrogen and oxygen atoms in total. The van der Waals surface area contributed by atoms with Crippen LogP contribution >= 0.6 is 0 Å². The highest BCUT2D eigenvalue weighted by atomic mass is 16.5. The summed E-state index contributed by atoms with van der Waals surface area (Å²) in [5.41, 5.74) is 5.96. The number of methoxy groups -OCH3 is 2. The topological polar surface area (TPSA) is 31.6 Å². The molecule has 1 aromatic heterocycles. The summed E-state index contributed by atoms with van der Waals surface area (Å²) in [4.78, 5) is 0. The molecule has 0 atom stereocenters. The van der Waals surface area contributed by atoms with Crippen molar-refractivity contribution < 1.29 is 13.9 Å². The second-order valence-electron chi connectivity index (χ2n) is 6.74. The Kier molecular flexibility index (Phi) is 4.66. The molecule has 0 fully saturated rings. The van der Waals surface area contributed by atoms with Crippen molar-refractivity contribution >= 4 is 16.5 Å². The molecule has 0 bridgehead atoms. The van der Waals surface area contributed by atoms with E-state index < -0.39 is 0 Å². The Labute approximate surface area is 164 Å². The van der Waals surface area contributed by atoms with Crippen LogP contribution in [0.1, 0.15) is 16.7 Å². The summed E-state index contributed by atoms with van der Waals surface area (Å²) in [5.74, 6) is 2.44. The summed E-state index contributed by atoms with van der Waals surface area (Å²) >= 11 is 0. The summed E-state index contributed by atoms with van der Waals surface area (Å²) in [6.07, 6.45) is 0. The fourth-order valence-electron chi connectivity index (χ4n) is 3.39. The third-order valence-electron chi connectivity index (χ3n) is 4.94. The lowest BCUT2D eigenvalue weighted by Gasteiger charge is -2.09. The van der Waals surface area contributed by atoms with Crippen LogP contribution in [0.3, 0.4) is 0 Å². The van der Waals surface area contributed by atoms with E-state index in [1.807, 2.05) is 54.6 Å². The second kappa shape index (κ2) is 7.28. The molecule has 4 aromatic rings. The molecule has 1 heterocycles. The first-order valence-corrected chi connectivity index (χ1v) is 9.12. The van der Waals surface area contributed by atoms with E-state index in [0.717, 1.165) is 50.5 Å². The molecule has 0 saturated heterocycles. The standard InChI is InChI=1S/C25H22O3/c1-16-5-14-23-22(15-16)24(17(2)18-6-10-20(26-3)11-7-18)25(28-23)19-8-12-21(27-4)13-9-19/h5-15H,2H2,1,3-4H3. The highest BCUT2D eigenvalue weighted by Crippen LogP contribution is 2.40. The number of hydrogen-bond donors (Lipinski definition) is 0. The zero-order chi connectivity index (χ0) is 19.7. The van der Waals surface area contributed by atoms with Gasteiger partial charge in [0.15, 0.2) is 0 Å². The van der Waals surface area contributed by atoms with Gasteiger partial charge in [-0.1, -0.05) is 30.3 Å². The summed E-state index contributed by atoms with van der Waals surface area (Å²) in [6, 6.07) is 22.1. The lowest BCUT2D eigenvalue weighted by Crippen LogP contribution is -1.90. The van der Waals surface area contributed by atoms with E-state index in [9.17, 15) is 0 Å². The Bertz CT molecular complexity index is 1130. The van der Waals surface area contributed by atoms with Gasteiger partial charge in [0.05, 0.1) is 14.2 Å². The minimum atomic E-state index is 0.809. The molecule has 0 aliphatic rings. The van der Waals surface area contributed by atoms with Crippen LogP contribution in [0.4, 0.5) is 0 Å². The molecule has 28 heavy (non-hydrogen) atoms. The molecule has 0 amide bonds. The van der Waals surface area contributed by atoms with Crippen LogP contribution in [0.25, 0.3) is 27.9 Å². The van der Waals surface area contributed by atoms with Crippen LogP contribution in [-0.4, -0.2) is 14.2 Å². The predicted molar refractivity (Wildman–Crippen MR) is 114 cm³/mol. The highest BCUT2D eigenvalue weighted by Gasteiger charge is 2.19. The Morgan fingerprint density at radius 3 is 2.04 bits per heavy atom. The lowest BCUT2D eigenvalue weighted by molar-refractivity contribution is 0.414. The quantitative estimate of drug-likeness (QED) is 0.402. The number of aryl methyl sites for hydroxylation is 1. The predicted octanol–water partition coefficient (Wildman–Crippen LogP) is 6.49. The molecule has 0 aliphatic heterocycles. The molecule has 0 unspecified atom stereocenters. The Balaban J connectivity index is 1.90. The number of rotatable bonds is 5. The van der Waals surface area contributed by atoms with Gasteiger partial charge in [-0.25, -0.2) is 0 Å². The molecule has 3 aromatic carbocycles. The van der Waals surface area contributed by atoms with E-state index in [-0.39, 0.29) is 0 Å². The van der Waals surface area contributed by atoms with Gasteiger partial charge in [-0.15, -0.1) is 0 Å². The lowest BCUT2D eigenvalue weighted by atomic mass is 9.94. The first-order chi connectivity index (χ1) is 13.6. The van der Waals surface area contributed by atoms with Crippen molar-refractivity contribution in [1.82, 2.24) is 0 Å². The van der Waals surface area contributed by atoms with E-state index in [4.69, 9.17) is 13.9 Å². The van der Waals surface area contributed by atoms with E-state index in [1.165, 1.54) is 5.56 Å². The first-order valence-electron chi connectivity index (χ1n) is 9.12. The number of hydrogen-bond acceptors (Lipinski definition) is 3. The van der Waals surface area contributed by atoms with E-state index >= 15 is 0 Å². The maximum Gasteiger partial charge on any atom is 0.143 e.